The first-order valence-electron chi connectivity index (χ1n) is 8.12. The van der Waals surface area contributed by atoms with E-state index in [-0.39, 0.29) is 18.0 Å². The SMILES string of the molecule is CC1(C)NC(=O)N(CCCSc2nnnn2CC2CCCO2)C1=O. The Morgan fingerprint density at radius 1 is 1.42 bits per heavy atom. The maximum Gasteiger partial charge on any atom is 0.325 e. The quantitative estimate of drug-likeness (QED) is 0.436. The molecule has 1 N–H and O–H groups in total. The topological polar surface area (TPSA) is 102 Å². The molecule has 0 bridgehead atoms. The van der Waals surface area contributed by atoms with Crippen molar-refractivity contribution >= 4 is 23.7 Å². The summed E-state index contributed by atoms with van der Waals surface area (Å²) < 4.78 is 7.36. The van der Waals surface area contributed by atoms with E-state index in [4.69, 9.17) is 4.74 Å². The summed E-state index contributed by atoms with van der Waals surface area (Å²) in [5.74, 6) is 0.546. The van der Waals surface area contributed by atoms with E-state index < -0.39 is 5.54 Å². The lowest BCUT2D eigenvalue weighted by atomic mass is 10.1. The zero-order valence-corrected chi connectivity index (χ0v) is 14.7. The molecule has 2 aliphatic heterocycles. The number of thioether (sulfide) groups is 1. The molecule has 2 fully saturated rings. The van der Waals surface area contributed by atoms with Crippen molar-refractivity contribution in [2.24, 2.45) is 0 Å². The molecule has 0 aromatic carbocycles. The predicted molar refractivity (Wildman–Crippen MR) is 86.5 cm³/mol. The van der Waals surface area contributed by atoms with Crippen molar-refractivity contribution < 1.29 is 14.3 Å². The van der Waals surface area contributed by atoms with Crippen molar-refractivity contribution in [2.45, 2.75) is 56.5 Å². The van der Waals surface area contributed by atoms with Gasteiger partial charge in [-0.2, -0.15) is 0 Å². The number of nitrogens with zero attached hydrogens (tertiary/aromatic N) is 5. The lowest BCUT2D eigenvalue weighted by molar-refractivity contribution is -0.130. The van der Waals surface area contributed by atoms with E-state index >= 15 is 0 Å². The molecule has 1 aromatic rings. The largest absolute Gasteiger partial charge is 0.376 e. The van der Waals surface area contributed by atoms with Gasteiger partial charge in [-0.15, -0.1) is 5.10 Å². The second-order valence-corrected chi connectivity index (χ2v) is 7.55. The van der Waals surface area contributed by atoms with Crippen LogP contribution >= 0.6 is 11.8 Å². The van der Waals surface area contributed by atoms with Gasteiger partial charge in [0.25, 0.3) is 5.91 Å². The third kappa shape index (κ3) is 3.69. The second kappa shape index (κ2) is 7.06. The van der Waals surface area contributed by atoms with Crippen molar-refractivity contribution in [2.75, 3.05) is 18.9 Å². The van der Waals surface area contributed by atoms with Crippen molar-refractivity contribution in [1.29, 1.82) is 0 Å². The van der Waals surface area contributed by atoms with Crippen LogP contribution in [-0.2, 0) is 16.1 Å². The molecule has 9 nitrogen and oxygen atoms in total. The summed E-state index contributed by atoms with van der Waals surface area (Å²) in [6, 6.07) is -0.321. The first kappa shape index (κ1) is 17.2. The standard InChI is InChI=1S/C14H22N6O3S/c1-14(2)11(21)19(12(22)15-14)6-4-8-24-13-16-17-18-20(13)9-10-5-3-7-23-10/h10H,3-9H2,1-2H3,(H,15,22). The summed E-state index contributed by atoms with van der Waals surface area (Å²) in [6.07, 6.45) is 2.98. The van der Waals surface area contributed by atoms with Gasteiger partial charge in [-0.25, -0.2) is 9.48 Å². The number of amides is 3. The molecule has 3 amide bonds. The van der Waals surface area contributed by atoms with E-state index in [1.54, 1.807) is 18.5 Å². The number of imide groups is 1. The number of nitrogens with one attached hydrogen (secondary N) is 1. The van der Waals surface area contributed by atoms with Crippen LogP contribution in [0.3, 0.4) is 0 Å². The minimum Gasteiger partial charge on any atom is -0.376 e. The van der Waals surface area contributed by atoms with E-state index in [1.807, 2.05) is 0 Å². The van der Waals surface area contributed by atoms with Crippen LogP contribution in [0.15, 0.2) is 5.16 Å². The van der Waals surface area contributed by atoms with E-state index in [9.17, 15) is 9.59 Å². The molecule has 2 saturated heterocycles. The first-order chi connectivity index (χ1) is 11.5. The van der Waals surface area contributed by atoms with Crippen molar-refractivity contribution in [3.63, 3.8) is 0 Å². The third-order valence-electron chi connectivity index (χ3n) is 4.10. The van der Waals surface area contributed by atoms with Gasteiger partial charge in [0, 0.05) is 18.9 Å². The Morgan fingerprint density at radius 3 is 2.92 bits per heavy atom. The van der Waals surface area contributed by atoms with Crippen molar-refractivity contribution in [3.05, 3.63) is 0 Å². The van der Waals surface area contributed by atoms with Gasteiger partial charge in [-0.1, -0.05) is 11.8 Å². The van der Waals surface area contributed by atoms with Crippen LogP contribution in [0.1, 0.15) is 33.1 Å². The molecule has 2 aliphatic rings. The molecule has 1 aromatic heterocycles. The summed E-state index contributed by atoms with van der Waals surface area (Å²) >= 11 is 1.52. The van der Waals surface area contributed by atoms with Gasteiger partial charge in [-0.05, 0) is 43.5 Å². The number of urea groups is 1. The fourth-order valence-electron chi connectivity index (χ4n) is 2.80. The molecule has 0 radical (unpaired) electrons. The fourth-order valence-corrected chi connectivity index (χ4v) is 3.61. The minimum atomic E-state index is -0.810. The summed E-state index contributed by atoms with van der Waals surface area (Å²) in [4.78, 5) is 25.2. The molecule has 132 valence electrons. The van der Waals surface area contributed by atoms with Crippen LogP contribution in [0.25, 0.3) is 0 Å². The fraction of sp³-hybridized carbons (Fsp3) is 0.786. The Morgan fingerprint density at radius 2 is 2.25 bits per heavy atom. The van der Waals surface area contributed by atoms with Crippen molar-refractivity contribution in [3.8, 4) is 0 Å². The van der Waals surface area contributed by atoms with Gasteiger partial charge in [0.1, 0.15) is 5.54 Å². The number of hydrogen-bond acceptors (Lipinski definition) is 7. The minimum absolute atomic E-state index is 0.180. The molecular weight excluding hydrogens is 332 g/mol. The molecule has 24 heavy (non-hydrogen) atoms. The van der Waals surface area contributed by atoms with E-state index in [1.165, 1.54) is 16.7 Å². The lowest BCUT2D eigenvalue weighted by Crippen LogP contribution is -2.40. The zero-order chi connectivity index (χ0) is 17.2. The maximum absolute atomic E-state index is 12.1. The maximum atomic E-state index is 12.1. The Hall–Kier alpha value is -1.68. The average Bonchev–Trinajstić information content (AvgIpc) is 3.22. The van der Waals surface area contributed by atoms with E-state index in [0.29, 0.717) is 19.5 Å². The Balaban J connectivity index is 1.45. The van der Waals surface area contributed by atoms with Crippen LogP contribution in [0, 0.1) is 0 Å². The summed E-state index contributed by atoms with van der Waals surface area (Å²) in [7, 11) is 0. The zero-order valence-electron chi connectivity index (χ0n) is 13.9. The van der Waals surface area contributed by atoms with Gasteiger partial charge in [0.2, 0.25) is 5.16 Å². The monoisotopic (exact) mass is 354 g/mol. The molecular formula is C14H22N6O3S. The summed E-state index contributed by atoms with van der Waals surface area (Å²) in [6.45, 7) is 5.28. The number of carbonyl (C=O) groups excluding carboxylic acids is 2. The van der Waals surface area contributed by atoms with Gasteiger partial charge in [-0.3, -0.25) is 9.69 Å². The number of carbonyl (C=O) groups is 2. The number of tetrazole rings is 1. The van der Waals surface area contributed by atoms with Gasteiger partial charge in [0.15, 0.2) is 0 Å². The Bertz CT molecular complexity index is 613. The molecule has 10 heteroatoms. The normalized spacial score (nSPS) is 23.1. The molecule has 1 atom stereocenters. The lowest BCUT2D eigenvalue weighted by Gasteiger charge is -2.15. The van der Waals surface area contributed by atoms with Crippen LogP contribution in [0.5, 0.6) is 0 Å². The van der Waals surface area contributed by atoms with Crippen molar-refractivity contribution in [1.82, 2.24) is 30.4 Å². The molecule has 3 rings (SSSR count). The molecule has 1 unspecified atom stereocenters. The van der Waals surface area contributed by atoms with Crippen LogP contribution in [-0.4, -0.2) is 67.6 Å². The predicted octanol–water partition coefficient (Wildman–Crippen LogP) is 0.665. The smallest absolute Gasteiger partial charge is 0.325 e. The van der Waals surface area contributed by atoms with E-state index in [2.05, 4.69) is 20.8 Å². The van der Waals surface area contributed by atoms with Gasteiger partial charge < -0.3 is 10.1 Å². The number of hydrogen-bond donors (Lipinski definition) is 1. The van der Waals surface area contributed by atoms with Crippen LogP contribution in [0.4, 0.5) is 4.79 Å². The third-order valence-corrected chi connectivity index (χ3v) is 5.14. The Kier molecular flexibility index (Phi) is 5.04. The average molecular weight is 354 g/mol. The highest BCUT2D eigenvalue weighted by Crippen LogP contribution is 2.20. The highest BCUT2D eigenvalue weighted by Gasteiger charge is 2.43. The van der Waals surface area contributed by atoms with Crippen LogP contribution in [0.2, 0.25) is 0 Å². The first-order valence-corrected chi connectivity index (χ1v) is 9.10. The number of rotatable bonds is 7. The van der Waals surface area contributed by atoms with Crippen LogP contribution < -0.4 is 5.32 Å². The van der Waals surface area contributed by atoms with Gasteiger partial charge >= 0.3 is 6.03 Å². The molecule has 0 aliphatic carbocycles. The number of ether oxygens (including phenoxy) is 1. The van der Waals surface area contributed by atoms with Gasteiger partial charge in [0.05, 0.1) is 12.6 Å². The molecule has 0 saturated carbocycles. The number of aromatic nitrogens is 4. The molecule has 3 heterocycles. The summed E-state index contributed by atoms with van der Waals surface area (Å²) in [5.41, 5.74) is -0.810. The highest BCUT2D eigenvalue weighted by molar-refractivity contribution is 7.99. The van der Waals surface area contributed by atoms with E-state index in [0.717, 1.165) is 30.4 Å². The second-order valence-electron chi connectivity index (χ2n) is 6.49. The molecule has 0 spiro atoms. The Labute approximate surface area is 144 Å². The summed E-state index contributed by atoms with van der Waals surface area (Å²) in [5, 5.41) is 15.2. The highest BCUT2D eigenvalue weighted by atomic mass is 32.2.